The summed E-state index contributed by atoms with van der Waals surface area (Å²) in [5, 5.41) is 0.131. The van der Waals surface area contributed by atoms with Crippen LogP contribution in [-0.2, 0) is 0 Å². The Morgan fingerprint density at radius 2 is 2.06 bits per heavy atom. The maximum Gasteiger partial charge on any atom is 0.237 e. The molecule has 0 saturated heterocycles. The molecule has 1 heterocycles. The van der Waals surface area contributed by atoms with Crippen LogP contribution in [-0.4, -0.2) is 17.1 Å². The van der Waals surface area contributed by atoms with E-state index >= 15 is 0 Å². The van der Waals surface area contributed by atoms with E-state index in [2.05, 4.69) is 25.9 Å². The third kappa shape index (κ3) is 3.08. The molecule has 0 N–H and O–H groups in total. The number of aromatic nitrogens is 2. The second-order valence-corrected chi connectivity index (χ2v) is 4.27. The Kier molecular flexibility index (Phi) is 3.81. The first-order valence-corrected chi connectivity index (χ1v) is 5.86. The molecule has 0 unspecified atom stereocenters. The summed E-state index contributed by atoms with van der Waals surface area (Å²) in [5.41, 5.74) is 0. The van der Waals surface area contributed by atoms with Crippen LogP contribution < -0.4 is 9.47 Å². The molecule has 0 fully saturated rings. The second-order valence-electron chi connectivity index (χ2n) is 3.07. The van der Waals surface area contributed by atoms with Gasteiger partial charge in [0.2, 0.25) is 11.2 Å². The highest BCUT2D eigenvalue weighted by molar-refractivity contribution is 9.10. The molecule has 88 valence electrons. The van der Waals surface area contributed by atoms with E-state index in [-0.39, 0.29) is 5.28 Å². The number of hydrogen-bond donors (Lipinski definition) is 0. The smallest absolute Gasteiger partial charge is 0.237 e. The Labute approximate surface area is 112 Å². The molecule has 4 nitrogen and oxygen atoms in total. The molecule has 0 radical (unpaired) electrons. The van der Waals surface area contributed by atoms with Crippen molar-refractivity contribution in [2.24, 2.45) is 0 Å². The largest absolute Gasteiger partial charge is 0.497 e. The zero-order valence-corrected chi connectivity index (χ0v) is 11.2. The summed E-state index contributed by atoms with van der Waals surface area (Å²) in [4.78, 5) is 7.79. The summed E-state index contributed by atoms with van der Waals surface area (Å²) < 4.78 is 11.3. The minimum atomic E-state index is 0.131. The lowest BCUT2D eigenvalue weighted by atomic mass is 10.3. The highest BCUT2D eigenvalue weighted by Crippen LogP contribution is 2.29. The van der Waals surface area contributed by atoms with Crippen LogP contribution in [0.4, 0.5) is 0 Å². The van der Waals surface area contributed by atoms with Crippen LogP contribution in [0.15, 0.2) is 34.9 Å². The van der Waals surface area contributed by atoms with Gasteiger partial charge in [-0.1, -0.05) is 6.07 Å². The van der Waals surface area contributed by atoms with Crippen LogP contribution in [0, 0.1) is 0 Å². The van der Waals surface area contributed by atoms with Crippen LogP contribution in [0.1, 0.15) is 0 Å². The average Bonchev–Trinajstić information content (AvgIpc) is 2.34. The standard InChI is InChI=1S/C11H8BrClN2O2/c1-16-7-3-2-4-8(5-7)17-10-9(12)6-14-11(13)15-10/h2-6H,1H3. The zero-order valence-electron chi connectivity index (χ0n) is 8.85. The number of halogens is 2. The number of benzene rings is 1. The molecule has 0 atom stereocenters. The lowest BCUT2D eigenvalue weighted by Crippen LogP contribution is -1.92. The fraction of sp³-hybridized carbons (Fsp3) is 0.0909. The molecule has 0 amide bonds. The van der Waals surface area contributed by atoms with Crippen molar-refractivity contribution in [2.75, 3.05) is 7.11 Å². The van der Waals surface area contributed by atoms with E-state index in [1.165, 1.54) is 6.20 Å². The summed E-state index contributed by atoms with van der Waals surface area (Å²) in [5.74, 6) is 1.68. The van der Waals surface area contributed by atoms with Crippen molar-refractivity contribution in [3.05, 3.63) is 40.2 Å². The monoisotopic (exact) mass is 314 g/mol. The maximum atomic E-state index is 5.69. The van der Waals surface area contributed by atoms with Crippen molar-refractivity contribution in [2.45, 2.75) is 0 Å². The normalized spacial score (nSPS) is 10.1. The molecule has 1 aromatic carbocycles. The quantitative estimate of drug-likeness (QED) is 0.810. The predicted octanol–water partition coefficient (Wildman–Crippen LogP) is 3.69. The first kappa shape index (κ1) is 12.1. The van der Waals surface area contributed by atoms with E-state index in [0.29, 0.717) is 21.9 Å². The van der Waals surface area contributed by atoms with Gasteiger partial charge in [0.25, 0.3) is 0 Å². The van der Waals surface area contributed by atoms with Gasteiger partial charge in [-0.3, -0.25) is 0 Å². The number of methoxy groups -OCH3 is 1. The van der Waals surface area contributed by atoms with Gasteiger partial charge in [-0.25, -0.2) is 4.98 Å². The summed E-state index contributed by atoms with van der Waals surface area (Å²) in [6.45, 7) is 0. The predicted molar refractivity (Wildman–Crippen MR) is 67.8 cm³/mol. The Morgan fingerprint density at radius 3 is 2.82 bits per heavy atom. The fourth-order valence-corrected chi connectivity index (χ4v) is 1.58. The third-order valence-electron chi connectivity index (χ3n) is 1.94. The van der Waals surface area contributed by atoms with Crippen LogP contribution in [0.2, 0.25) is 5.28 Å². The SMILES string of the molecule is COc1cccc(Oc2nc(Cl)ncc2Br)c1. The lowest BCUT2D eigenvalue weighted by molar-refractivity contribution is 0.407. The van der Waals surface area contributed by atoms with Crippen molar-refractivity contribution >= 4 is 27.5 Å². The molecule has 1 aromatic heterocycles. The number of ether oxygens (including phenoxy) is 2. The van der Waals surface area contributed by atoms with E-state index in [1.54, 1.807) is 19.2 Å². The van der Waals surface area contributed by atoms with Crippen molar-refractivity contribution < 1.29 is 9.47 Å². The molecule has 0 aliphatic heterocycles. The van der Waals surface area contributed by atoms with Crippen LogP contribution >= 0.6 is 27.5 Å². The van der Waals surface area contributed by atoms with Crippen LogP contribution in [0.5, 0.6) is 17.4 Å². The topological polar surface area (TPSA) is 44.2 Å². The highest BCUT2D eigenvalue weighted by Gasteiger charge is 2.07. The Morgan fingerprint density at radius 1 is 1.29 bits per heavy atom. The molecule has 0 aliphatic carbocycles. The first-order valence-electron chi connectivity index (χ1n) is 4.69. The molecule has 0 saturated carbocycles. The summed E-state index contributed by atoms with van der Waals surface area (Å²) in [7, 11) is 1.59. The molecule has 17 heavy (non-hydrogen) atoms. The van der Waals surface area contributed by atoms with Crippen molar-refractivity contribution in [1.29, 1.82) is 0 Å². The van der Waals surface area contributed by atoms with Gasteiger partial charge in [0, 0.05) is 12.3 Å². The van der Waals surface area contributed by atoms with Crippen molar-refractivity contribution in [1.82, 2.24) is 9.97 Å². The number of rotatable bonds is 3. The zero-order chi connectivity index (χ0) is 12.3. The Hall–Kier alpha value is -1.33. The Balaban J connectivity index is 2.27. The summed E-state index contributed by atoms with van der Waals surface area (Å²) in [6.07, 6.45) is 1.53. The fourth-order valence-electron chi connectivity index (χ4n) is 1.18. The van der Waals surface area contributed by atoms with E-state index < -0.39 is 0 Å². The van der Waals surface area contributed by atoms with Gasteiger partial charge in [0.15, 0.2) is 0 Å². The van der Waals surface area contributed by atoms with Gasteiger partial charge in [0.05, 0.1) is 11.6 Å². The van der Waals surface area contributed by atoms with E-state index in [9.17, 15) is 0 Å². The second kappa shape index (κ2) is 5.33. The maximum absolute atomic E-state index is 5.69. The van der Waals surface area contributed by atoms with Gasteiger partial charge in [-0.15, -0.1) is 0 Å². The minimum absolute atomic E-state index is 0.131. The highest BCUT2D eigenvalue weighted by atomic mass is 79.9. The van der Waals surface area contributed by atoms with E-state index in [4.69, 9.17) is 21.1 Å². The molecule has 0 bridgehead atoms. The average molecular weight is 316 g/mol. The minimum Gasteiger partial charge on any atom is -0.497 e. The van der Waals surface area contributed by atoms with Gasteiger partial charge in [-0.05, 0) is 39.7 Å². The van der Waals surface area contributed by atoms with Gasteiger partial charge in [0.1, 0.15) is 11.5 Å². The molecule has 0 aliphatic rings. The summed E-state index contributed by atoms with van der Waals surface area (Å²) >= 11 is 8.98. The van der Waals surface area contributed by atoms with Crippen molar-refractivity contribution in [3.63, 3.8) is 0 Å². The number of nitrogens with zero attached hydrogens (tertiary/aromatic N) is 2. The van der Waals surface area contributed by atoms with E-state index in [0.717, 1.165) is 0 Å². The Bertz CT molecular complexity index is 537. The van der Waals surface area contributed by atoms with E-state index in [1.807, 2.05) is 12.1 Å². The number of hydrogen-bond acceptors (Lipinski definition) is 4. The molecular weight excluding hydrogens is 307 g/mol. The molecule has 2 aromatic rings. The first-order chi connectivity index (χ1) is 8.19. The molecule has 6 heteroatoms. The molecule has 0 spiro atoms. The van der Waals surface area contributed by atoms with Crippen LogP contribution in [0.3, 0.4) is 0 Å². The van der Waals surface area contributed by atoms with Crippen molar-refractivity contribution in [3.8, 4) is 17.4 Å². The van der Waals surface area contributed by atoms with Gasteiger partial charge < -0.3 is 9.47 Å². The summed E-state index contributed by atoms with van der Waals surface area (Å²) in [6, 6.07) is 7.20. The molecular formula is C11H8BrClN2O2. The lowest BCUT2D eigenvalue weighted by Gasteiger charge is -2.07. The third-order valence-corrected chi connectivity index (χ3v) is 2.66. The van der Waals surface area contributed by atoms with Crippen LogP contribution in [0.25, 0.3) is 0 Å². The van der Waals surface area contributed by atoms with Gasteiger partial charge >= 0.3 is 0 Å². The molecule has 2 rings (SSSR count). The van der Waals surface area contributed by atoms with Gasteiger partial charge in [-0.2, -0.15) is 4.98 Å².